The van der Waals surface area contributed by atoms with E-state index in [9.17, 15) is 14.6 Å². The summed E-state index contributed by atoms with van der Waals surface area (Å²) in [6, 6.07) is 13.6. The smallest absolute Gasteiger partial charge is 0.526 e. The van der Waals surface area contributed by atoms with Crippen molar-refractivity contribution in [3.05, 3.63) is 64.7 Å². The van der Waals surface area contributed by atoms with Crippen molar-refractivity contribution in [3.63, 3.8) is 0 Å². The number of hydrogen-bond donors (Lipinski definition) is 1. The molecule has 2 aromatic carbocycles. The van der Waals surface area contributed by atoms with Gasteiger partial charge in [0.25, 0.3) is 0 Å². The lowest BCUT2D eigenvalue weighted by Crippen LogP contribution is -2.36. The lowest BCUT2D eigenvalue weighted by atomic mass is 9.64. The molecule has 0 saturated carbocycles. The normalized spacial score (nSPS) is 15.8. The number of ketones is 2. The number of fused-ring (bicyclic) bond motifs is 1. The van der Waals surface area contributed by atoms with E-state index < -0.39 is 7.12 Å². The van der Waals surface area contributed by atoms with E-state index in [4.69, 9.17) is 4.65 Å². The van der Waals surface area contributed by atoms with E-state index in [-0.39, 0.29) is 23.8 Å². The van der Waals surface area contributed by atoms with Gasteiger partial charge in [-0.3, -0.25) is 9.59 Å². The first kappa shape index (κ1) is 19.4. The molecule has 1 atom stereocenters. The van der Waals surface area contributed by atoms with E-state index in [1.807, 2.05) is 24.3 Å². The van der Waals surface area contributed by atoms with Crippen LogP contribution in [-0.2, 0) is 24.1 Å². The summed E-state index contributed by atoms with van der Waals surface area (Å²) < 4.78 is 5.61. The molecule has 0 aliphatic carbocycles. The fraction of sp³-hybridized carbons (Fsp3) is 0.364. The number of carbonyl (C=O) groups excluding carboxylic acids is 2. The number of para-hydroxylation sites is 1. The Morgan fingerprint density at radius 2 is 1.85 bits per heavy atom. The van der Waals surface area contributed by atoms with Crippen molar-refractivity contribution in [3.8, 4) is 5.75 Å². The largest absolute Gasteiger partial charge is 0.535 e. The number of Topliss-reactive ketones (excluding diaryl/α,β-unsaturated/α-hetero) is 2. The Morgan fingerprint density at radius 1 is 1.15 bits per heavy atom. The number of aryl methyl sites for hydroxylation is 1. The highest BCUT2D eigenvalue weighted by Gasteiger charge is 2.37. The summed E-state index contributed by atoms with van der Waals surface area (Å²) in [5.41, 5.74) is 3.62. The molecule has 0 bridgehead atoms. The third-order valence-electron chi connectivity index (χ3n) is 5.05. The molecule has 0 saturated heterocycles. The monoisotopic (exact) mass is 364 g/mol. The summed E-state index contributed by atoms with van der Waals surface area (Å²) >= 11 is 0. The van der Waals surface area contributed by atoms with Gasteiger partial charge in [0, 0.05) is 18.7 Å². The molecule has 1 N–H and O–H groups in total. The third-order valence-corrected chi connectivity index (χ3v) is 5.05. The van der Waals surface area contributed by atoms with E-state index in [0.29, 0.717) is 24.2 Å². The van der Waals surface area contributed by atoms with Gasteiger partial charge in [-0.05, 0) is 42.5 Å². The van der Waals surface area contributed by atoms with Crippen molar-refractivity contribution in [2.45, 2.75) is 51.8 Å². The second kappa shape index (κ2) is 8.53. The van der Waals surface area contributed by atoms with Crippen LogP contribution < -0.4 is 4.65 Å². The molecular weight excluding hydrogens is 339 g/mol. The maximum absolute atomic E-state index is 12.5. The third kappa shape index (κ3) is 4.66. The van der Waals surface area contributed by atoms with Crippen molar-refractivity contribution in [1.29, 1.82) is 0 Å². The Balaban J connectivity index is 1.64. The molecule has 0 amide bonds. The summed E-state index contributed by atoms with van der Waals surface area (Å²) in [4.78, 5) is 24.2. The van der Waals surface area contributed by atoms with E-state index in [1.54, 1.807) is 6.07 Å². The standard InChI is InChI=1S/C22H25BO4/c1-3-5-16-8-10-17(11-9-16)12-20(25)14-19-13-18-6-4-7-21(15(2)24)22(18)27-23(19)26/h4,6-11,19,26H,3,5,12-14H2,1-2H3/t19-/m1/s1. The maximum atomic E-state index is 12.5. The Hall–Kier alpha value is -2.40. The van der Waals surface area contributed by atoms with Crippen molar-refractivity contribution < 1.29 is 19.3 Å². The molecule has 0 unspecified atom stereocenters. The molecule has 2 aromatic rings. The van der Waals surface area contributed by atoms with Gasteiger partial charge in [0.15, 0.2) is 5.78 Å². The highest BCUT2D eigenvalue weighted by Crippen LogP contribution is 2.36. The number of carbonyl (C=O) groups is 2. The van der Waals surface area contributed by atoms with E-state index >= 15 is 0 Å². The lowest BCUT2D eigenvalue weighted by Gasteiger charge is -2.28. The minimum Gasteiger partial charge on any atom is -0.535 e. The summed E-state index contributed by atoms with van der Waals surface area (Å²) in [5, 5.41) is 10.3. The quantitative estimate of drug-likeness (QED) is 0.599. The average Bonchev–Trinajstić information content (AvgIpc) is 2.63. The lowest BCUT2D eigenvalue weighted by molar-refractivity contribution is -0.118. The van der Waals surface area contributed by atoms with E-state index in [0.717, 1.165) is 24.0 Å². The molecule has 0 radical (unpaired) electrons. The van der Waals surface area contributed by atoms with Gasteiger partial charge >= 0.3 is 7.12 Å². The van der Waals surface area contributed by atoms with Gasteiger partial charge in [0.1, 0.15) is 11.5 Å². The van der Waals surface area contributed by atoms with Crippen LogP contribution in [0.2, 0.25) is 5.82 Å². The number of hydrogen-bond acceptors (Lipinski definition) is 4. The van der Waals surface area contributed by atoms with Crippen LogP contribution in [0.4, 0.5) is 0 Å². The molecule has 1 aliphatic heterocycles. The summed E-state index contributed by atoms with van der Waals surface area (Å²) in [7, 11) is -1.08. The zero-order valence-corrected chi connectivity index (χ0v) is 15.9. The first-order valence-electron chi connectivity index (χ1n) is 9.55. The SMILES string of the molecule is CCCc1ccc(CC(=O)C[C@H]2Cc3cccc(C(C)=O)c3OB2O)cc1. The van der Waals surface area contributed by atoms with Crippen LogP contribution in [0.15, 0.2) is 42.5 Å². The molecule has 1 heterocycles. The Morgan fingerprint density at radius 3 is 2.52 bits per heavy atom. The topological polar surface area (TPSA) is 63.6 Å². The molecule has 0 aromatic heterocycles. The molecule has 1 aliphatic rings. The first-order valence-corrected chi connectivity index (χ1v) is 9.55. The van der Waals surface area contributed by atoms with Gasteiger partial charge in [-0.15, -0.1) is 0 Å². The predicted octanol–water partition coefficient (Wildman–Crippen LogP) is 3.83. The van der Waals surface area contributed by atoms with Crippen LogP contribution in [0, 0.1) is 0 Å². The van der Waals surface area contributed by atoms with Crippen LogP contribution in [0.3, 0.4) is 0 Å². The van der Waals surface area contributed by atoms with Crippen LogP contribution in [0.25, 0.3) is 0 Å². The number of benzene rings is 2. The highest BCUT2D eigenvalue weighted by molar-refractivity contribution is 6.47. The van der Waals surface area contributed by atoms with Crippen LogP contribution in [0.1, 0.15) is 53.7 Å². The Labute approximate surface area is 160 Å². The fourth-order valence-electron chi connectivity index (χ4n) is 3.64. The van der Waals surface area contributed by atoms with Gasteiger partial charge in [0.05, 0.1) is 5.56 Å². The molecular formula is C22H25BO4. The van der Waals surface area contributed by atoms with Gasteiger partial charge in [-0.25, -0.2) is 0 Å². The summed E-state index contributed by atoms with van der Waals surface area (Å²) in [6.07, 6.45) is 3.28. The van der Waals surface area contributed by atoms with Crippen molar-refractivity contribution in [1.82, 2.24) is 0 Å². The zero-order valence-electron chi connectivity index (χ0n) is 15.9. The molecule has 0 spiro atoms. The minimum absolute atomic E-state index is 0.0806. The van der Waals surface area contributed by atoms with Crippen molar-refractivity contribution in [2.24, 2.45) is 0 Å². The first-order chi connectivity index (χ1) is 13.0. The summed E-state index contributed by atoms with van der Waals surface area (Å²) in [6.45, 7) is 3.62. The van der Waals surface area contributed by atoms with E-state index in [1.165, 1.54) is 12.5 Å². The van der Waals surface area contributed by atoms with Crippen molar-refractivity contribution >= 4 is 18.7 Å². The average molecular weight is 364 g/mol. The van der Waals surface area contributed by atoms with Gasteiger partial charge < -0.3 is 9.68 Å². The zero-order chi connectivity index (χ0) is 19.4. The number of rotatable bonds is 7. The Kier molecular flexibility index (Phi) is 6.12. The molecule has 0 fully saturated rings. The van der Waals surface area contributed by atoms with Gasteiger partial charge in [-0.1, -0.05) is 49.7 Å². The fourth-order valence-corrected chi connectivity index (χ4v) is 3.64. The maximum Gasteiger partial charge on any atom is 0.526 e. The molecule has 4 nitrogen and oxygen atoms in total. The second-order valence-corrected chi connectivity index (χ2v) is 7.31. The predicted molar refractivity (Wildman–Crippen MR) is 106 cm³/mol. The van der Waals surface area contributed by atoms with Crippen LogP contribution in [0.5, 0.6) is 5.75 Å². The van der Waals surface area contributed by atoms with Crippen LogP contribution >= 0.6 is 0 Å². The highest BCUT2D eigenvalue weighted by atomic mass is 16.5. The van der Waals surface area contributed by atoms with E-state index in [2.05, 4.69) is 19.1 Å². The van der Waals surface area contributed by atoms with Crippen LogP contribution in [-0.4, -0.2) is 23.7 Å². The van der Waals surface area contributed by atoms with Crippen molar-refractivity contribution in [2.75, 3.05) is 0 Å². The molecule has 140 valence electrons. The Bertz CT molecular complexity index is 829. The molecule has 5 heteroatoms. The molecule has 3 rings (SSSR count). The van der Waals surface area contributed by atoms with Gasteiger partial charge in [-0.2, -0.15) is 0 Å². The minimum atomic E-state index is -1.08. The second-order valence-electron chi connectivity index (χ2n) is 7.31. The van der Waals surface area contributed by atoms with Gasteiger partial charge in [0.2, 0.25) is 0 Å². The summed E-state index contributed by atoms with van der Waals surface area (Å²) in [5.74, 6) is 0.136. The molecule has 27 heavy (non-hydrogen) atoms.